The van der Waals surface area contributed by atoms with Gasteiger partial charge in [-0.3, -0.25) is 9.59 Å². The number of ether oxygens (including phenoxy) is 2. The van der Waals surface area contributed by atoms with Crippen LogP contribution in [0.2, 0.25) is 0 Å². The van der Waals surface area contributed by atoms with Crippen LogP contribution in [0.5, 0.6) is 5.75 Å². The first kappa shape index (κ1) is 15.9. The first-order valence-electron chi connectivity index (χ1n) is 6.25. The maximum atomic E-state index is 12.1. The Morgan fingerprint density at radius 3 is 2.55 bits per heavy atom. The van der Waals surface area contributed by atoms with Crippen LogP contribution in [0, 0.1) is 0 Å². The van der Waals surface area contributed by atoms with Gasteiger partial charge < -0.3 is 20.1 Å². The Balaban J connectivity index is 1.99. The molecule has 116 valence electrons. The number of amides is 2. The lowest BCUT2D eigenvalue weighted by Crippen LogP contribution is -2.41. The number of hydrogen-bond donors (Lipinski definition) is 2. The second-order valence-corrected chi connectivity index (χ2v) is 5.35. The molecule has 1 aromatic carbocycles. The largest absolute Gasteiger partial charge is 0.497 e. The maximum absolute atomic E-state index is 12.1. The topological polar surface area (TPSA) is 93.7 Å². The Bertz CT molecular complexity index is 627. The van der Waals surface area contributed by atoms with Gasteiger partial charge >= 0.3 is 5.97 Å². The number of carbonyl (C=O) groups is 3. The molecule has 0 radical (unpaired) electrons. The van der Waals surface area contributed by atoms with Crippen molar-refractivity contribution in [3.8, 4) is 5.75 Å². The predicted octanol–water partition coefficient (Wildman–Crippen LogP) is 0.628. The van der Waals surface area contributed by atoms with E-state index in [-0.39, 0.29) is 10.8 Å². The molecule has 1 unspecified atom stereocenters. The van der Waals surface area contributed by atoms with Crippen LogP contribution in [-0.4, -0.2) is 37.5 Å². The molecule has 1 atom stereocenters. The summed E-state index contributed by atoms with van der Waals surface area (Å²) in [4.78, 5) is 35.0. The minimum Gasteiger partial charge on any atom is -0.497 e. The van der Waals surface area contributed by atoms with Gasteiger partial charge in [0.25, 0.3) is 11.8 Å². The molecule has 0 bridgehead atoms. The Morgan fingerprint density at radius 2 is 1.95 bits per heavy atom. The van der Waals surface area contributed by atoms with Gasteiger partial charge in [0.2, 0.25) is 0 Å². The number of rotatable bonds is 4. The van der Waals surface area contributed by atoms with Crippen molar-refractivity contribution in [3.63, 3.8) is 0 Å². The highest BCUT2D eigenvalue weighted by atomic mass is 32.2. The summed E-state index contributed by atoms with van der Waals surface area (Å²) in [5.74, 6) is -0.765. The minimum absolute atomic E-state index is 0.187. The molecule has 8 heteroatoms. The van der Waals surface area contributed by atoms with Crippen LogP contribution in [0.4, 0.5) is 0 Å². The number of thioether (sulfide) groups is 1. The average molecular weight is 322 g/mol. The van der Waals surface area contributed by atoms with Gasteiger partial charge in [-0.1, -0.05) is 11.8 Å². The number of carbonyl (C=O) groups excluding carboxylic acids is 3. The van der Waals surface area contributed by atoms with Crippen molar-refractivity contribution >= 4 is 29.5 Å². The monoisotopic (exact) mass is 322 g/mol. The van der Waals surface area contributed by atoms with Crippen molar-refractivity contribution in [2.75, 3.05) is 14.2 Å². The molecule has 0 spiro atoms. The highest BCUT2D eigenvalue weighted by molar-refractivity contribution is 8.05. The van der Waals surface area contributed by atoms with Gasteiger partial charge in [-0.15, -0.1) is 0 Å². The van der Waals surface area contributed by atoms with Gasteiger partial charge in [0, 0.05) is 11.6 Å². The molecule has 1 saturated heterocycles. The Hall–Kier alpha value is -2.48. The fourth-order valence-corrected chi connectivity index (χ4v) is 2.59. The molecule has 1 aliphatic rings. The molecule has 0 saturated carbocycles. The summed E-state index contributed by atoms with van der Waals surface area (Å²) in [5.41, 5.74) is -0.209. The predicted molar refractivity (Wildman–Crippen MR) is 80.1 cm³/mol. The lowest BCUT2D eigenvalue weighted by molar-refractivity contribution is -0.135. The first-order chi connectivity index (χ1) is 10.5. The van der Waals surface area contributed by atoms with Crippen LogP contribution in [0.15, 0.2) is 35.2 Å². The SMILES string of the molecule is COC(=O)C=C1SC(NC(=O)c2ccc(OC)cc2)NC1=O. The van der Waals surface area contributed by atoms with E-state index in [1.54, 1.807) is 24.3 Å². The van der Waals surface area contributed by atoms with E-state index in [1.807, 2.05) is 0 Å². The van der Waals surface area contributed by atoms with Crippen molar-refractivity contribution in [2.24, 2.45) is 0 Å². The summed E-state index contributed by atoms with van der Waals surface area (Å²) in [6, 6.07) is 6.55. The van der Waals surface area contributed by atoms with Crippen LogP contribution in [0.1, 0.15) is 10.4 Å². The van der Waals surface area contributed by atoms with E-state index >= 15 is 0 Å². The van der Waals surface area contributed by atoms with Crippen LogP contribution in [-0.2, 0) is 14.3 Å². The van der Waals surface area contributed by atoms with Crippen molar-refractivity contribution in [3.05, 3.63) is 40.8 Å². The van der Waals surface area contributed by atoms with Crippen LogP contribution < -0.4 is 15.4 Å². The van der Waals surface area contributed by atoms with Crippen LogP contribution in [0.25, 0.3) is 0 Å². The van der Waals surface area contributed by atoms with Gasteiger partial charge in [0.15, 0.2) is 5.50 Å². The fraction of sp³-hybridized carbons (Fsp3) is 0.214. The third kappa shape index (κ3) is 3.79. The molecule has 2 N–H and O–H groups in total. The Kier molecular flexibility index (Phi) is 5.05. The van der Waals surface area contributed by atoms with E-state index in [4.69, 9.17) is 4.74 Å². The summed E-state index contributed by atoms with van der Waals surface area (Å²) < 4.78 is 9.47. The standard InChI is InChI=1S/C14H14N2O5S/c1-20-9-5-3-8(4-6-9)12(18)15-14-16-13(19)10(22-14)7-11(17)21-2/h3-7,14H,1-2H3,(H,15,18)(H,16,19). The molecule has 2 amide bonds. The molecule has 22 heavy (non-hydrogen) atoms. The molecule has 1 fully saturated rings. The normalized spacial score (nSPS) is 18.7. The second kappa shape index (κ2) is 6.99. The third-order valence-corrected chi connectivity index (χ3v) is 3.82. The number of benzene rings is 1. The van der Waals surface area contributed by atoms with E-state index in [1.165, 1.54) is 14.2 Å². The van der Waals surface area contributed by atoms with Crippen molar-refractivity contribution in [1.82, 2.24) is 10.6 Å². The van der Waals surface area contributed by atoms with E-state index in [0.29, 0.717) is 11.3 Å². The van der Waals surface area contributed by atoms with Crippen LogP contribution in [0.3, 0.4) is 0 Å². The fourth-order valence-electron chi connectivity index (χ4n) is 1.68. The highest BCUT2D eigenvalue weighted by Gasteiger charge is 2.29. The highest BCUT2D eigenvalue weighted by Crippen LogP contribution is 2.26. The van der Waals surface area contributed by atoms with E-state index < -0.39 is 17.4 Å². The van der Waals surface area contributed by atoms with Crippen molar-refractivity contribution in [1.29, 1.82) is 0 Å². The summed E-state index contributed by atoms with van der Waals surface area (Å²) in [5, 5.41) is 5.19. The second-order valence-electron chi connectivity index (χ2n) is 4.21. The third-order valence-electron chi connectivity index (χ3n) is 2.80. The summed E-state index contributed by atoms with van der Waals surface area (Å²) in [6.07, 6.45) is 1.08. The van der Waals surface area contributed by atoms with E-state index in [2.05, 4.69) is 15.4 Å². The minimum atomic E-state index is -0.641. The van der Waals surface area contributed by atoms with Gasteiger partial charge in [-0.2, -0.15) is 0 Å². The molecular weight excluding hydrogens is 308 g/mol. The molecule has 0 aliphatic carbocycles. The number of methoxy groups -OCH3 is 2. The number of esters is 1. The van der Waals surface area contributed by atoms with Gasteiger partial charge in [0.05, 0.1) is 19.1 Å². The smallest absolute Gasteiger partial charge is 0.331 e. The molecule has 1 heterocycles. The summed E-state index contributed by atoms with van der Waals surface area (Å²) in [7, 11) is 2.76. The average Bonchev–Trinajstić information content (AvgIpc) is 2.86. The molecule has 1 aromatic rings. The number of nitrogens with one attached hydrogen (secondary N) is 2. The van der Waals surface area contributed by atoms with Crippen molar-refractivity contribution in [2.45, 2.75) is 5.50 Å². The molecule has 0 aromatic heterocycles. The van der Waals surface area contributed by atoms with Gasteiger partial charge in [0.1, 0.15) is 5.75 Å². The van der Waals surface area contributed by atoms with Crippen LogP contribution >= 0.6 is 11.8 Å². The van der Waals surface area contributed by atoms with Crippen molar-refractivity contribution < 1.29 is 23.9 Å². The molecular formula is C14H14N2O5S. The zero-order valence-electron chi connectivity index (χ0n) is 11.9. The number of hydrogen-bond acceptors (Lipinski definition) is 6. The zero-order chi connectivity index (χ0) is 16.1. The van der Waals surface area contributed by atoms with Gasteiger partial charge in [-0.05, 0) is 24.3 Å². The molecule has 1 aliphatic heterocycles. The molecule has 7 nitrogen and oxygen atoms in total. The van der Waals surface area contributed by atoms with E-state index in [0.717, 1.165) is 17.8 Å². The van der Waals surface area contributed by atoms with Gasteiger partial charge in [-0.25, -0.2) is 4.79 Å². The maximum Gasteiger partial charge on any atom is 0.331 e. The van der Waals surface area contributed by atoms with E-state index in [9.17, 15) is 14.4 Å². The Labute approximate surface area is 131 Å². The first-order valence-corrected chi connectivity index (χ1v) is 7.13. The zero-order valence-corrected chi connectivity index (χ0v) is 12.7. The lowest BCUT2D eigenvalue weighted by atomic mass is 10.2. The lowest BCUT2D eigenvalue weighted by Gasteiger charge is -2.11. The quantitative estimate of drug-likeness (QED) is 0.624. The molecule has 2 rings (SSSR count). The summed E-state index contributed by atoms with van der Waals surface area (Å²) in [6.45, 7) is 0. The summed E-state index contributed by atoms with van der Waals surface area (Å²) >= 11 is 1.04. The Morgan fingerprint density at radius 1 is 1.27 bits per heavy atom.